The molecule has 12 heavy (non-hydrogen) atoms. The predicted molar refractivity (Wildman–Crippen MR) is 54.3 cm³/mol. The summed E-state index contributed by atoms with van der Waals surface area (Å²) in [7, 11) is 1.66. The highest BCUT2D eigenvalue weighted by Gasteiger charge is 2.07. The Morgan fingerprint density at radius 2 is 2.17 bits per heavy atom. The Hall–Kier alpha value is 0.0969. The van der Waals surface area contributed by atoms with Crippen molar-refractivity contribution in [1.82, 2.24) is 10.2 Å². The van der Waals surface area contributed by atoms with Crippen LogP contribution in [-0.4, -0.2) is 54.5 Å². The molecule has 0 spiro atoms. The van der Waals surface area contributed by atoms with Gasteiger partial charge in [-0.1, -0.05) is 0 Å². The van der Waals surface area contributed by atoms with Gasteiger partial charge in [0.25, 0.3) is 0 Å². The van der Waals surface area contributed by atoms with E-state index in [0.29, 0.717) is 0 Å². The molecule has 0 aromatic heterocycles. The van der Waals surface area contributed by atoms with Crippen LogP contribution in [0.25, 0.3) is 0 Å². The van der Waals surface area contributed by atoms with Crippen LogP contribution in [-0.2, 0) is 4.43 Å². The first-order valence-corrected chi connectivity index (χ1v) is 6.43. The molecule has 1 aliphatic heterocycles. The van der Waals surface area contributed by atoms with Crippen LogP contribution >= 0.6 is 0 Å². The van der Waals surface area contributed by atoms with Gasteiger partial charge < -0.3 is 14.6 Å². The number of nitrogens with one attached hydrogen (secondary N) is 1. The Bertz CT molecular complexity index is 107. The molecule has 0 aromatic carbocycles. The lowest BCUT2D eigenvalue weighted by Crippen LogP contribution is -2.43. The highest BCUT2D eigenvalue weighted by atomic mass is 28.2. The van der Waals surface area contributed by atoms with Crippen LogP contribution in [0.1, 0.15) is 6.42 Å². The summed E-state index contributed by atoms with van der Waals surface area (Å²) in [5.74, 6) is 0. The van der Waals surface area contributed by atoms with E-state index in [1.54, 1.807) is 0 Å². The monoisotopic (exact) mass is 188 g/mol. The third kappa shape index (κ3) is 4.20. The number of rotatable bonds is 5. The fourth-order valence-corrected chi connectivity index (χ4v) is 2.23. The Morgan fingerprint density at radius 3 is 2.83 bits per heavy atom. The van der Waals surface area contributed by atoms with E-state index >= 15 is 0 Å². The molecule has 1 saturated heterocycles. The molecule has 72 valence electrons. The number of nitrogens with zero attached hydrogens (tertiary/aromatic N) is 1. The molecule has 0 aliphatic carbocycles. The lowest BCUT2D eigenvalue weighted by Gasteiger charge is -2.26. The van der Waals surface area contributed by atoms with Gasteiger partial charge in [-0.05, 0) is 19.0 Å². The Kier molecular flexibility index (Phi) is 5.59. The summed E-state index contributed by atoms with van der Waals surface area (Å²) in [4.78, 5) is 2.54. The summed E-state index contributed by atoms with van der Waals surface area (Å²) < 4.78 is 5.14. The molecule has 0 atom stereocenters. The summed E-state index contributed by atoms with van der Waals surface area (Å²) in [5.41, 5.74) is 0. The maximum atomic E-state index is 5.14. The lowest BCUT2D eigenvalue weighted by molar-refractivity contribution is 0.241. The van der Waals surface area contributed by atoms with Crippen molar-refractivity contribution in [2.24, 2.45) is 0 Å². The van der Waals surface area contributed by atoms with Crippen molar-refractivity contribution >= 4 is 9.76 Å². The Balaban J connectivity index is 1.91. The third-order valence-electron chi connectivity index (χ3n) is 2.28. The fraction of sp³-hybridized carbons (Fsp3) is 1.00. The van der Waals surface area contributed by atoms with Gasteiger partial charge in [-0.2, -0.15) is 0 Å². The molecule has 3 nitrogen and oxygen atoms in total. The van der Waals surface area contributed by atoms with Crippen LogP contribution in [0.3, 0.4) is 0 Å². The van der Waals surface area contributed by atoms with Crippen molar-refractivity contribution in [2.75, 3.05) is 39.8 Å². The first kappa shape index (κ1) is 10.2. The molecule has 0 amide bonds. The molecular formula is C8H20N2OSi. The van der Waals surface area contributed by atoms with Crippen molar-refractivity contribution in [3.63, 3.8) is 0 Å². The molecule has 0 aromatic rings. The molecule has 0 saturated carbocycles. The normalized spacial score (nSPS) is 20.8. The van der Waals surface area contributed by atoms with Crippen molar-refractivity contribution < 1.29 is 4.43 Å². The molecule has 1 N–H and O–H groups in total. The zero-order valence-electron chi connectivity index (χ0n) is 8.01. The molecule has 1 heterocycles. The molecule has 0 unspecified atom stereocenters. The van der Waals surface area contributed by atoms with Gasteiger partial charge in [0.15, 0.2) is 9.76 Å². The van der Waals surface area contributed by atoms with Gasteiger partial charge in [-0.15, -0.1) is 0 Å². The van der Waals surface area contributed by atoms with E-state index < -0.39 is 0 Å². The summed E-state index contributed by atoms with van der Waals surface area (Å²) in [5, 5.41) is 3.36. The second-order valence-electron chi connectivity index (χ2n) is 3.29. The van der Waals surface area contributed by atoms with Gasteiger partial charge in [0.2, 0.25) is 0 Å². The summed E-state index contributed by atoms with van der Waals surface area (Å²) in [6.07, 6.45) is 1.33. The quantitative estimate of drug-likeness (QED) is 0.462. The molecule has 0 radical (unpaired) electrons. The van der Waals surface area contributed by atoms with Crippen LogP contribution in [0.15, 0.2) is 0 Å². The average Bonchev–Trinajstić information content (AvgIpc) is 2.14. The van der Waals surface area contributed by atoms with Crippen molar-refractivity contribution in [2.45, 2.75) is 12.5 Å². The van der Waals surface area contributed by atoms with E-state index in [1.165, 1.54) is 45.2 Å². The van der Waals surface area contributed by atoms with Crippen molar-refractivity contribution in [3.05, 3.63) is 0 Å². The third-order valence-corrected chi connectivity index (χ3v) is 3.48. The van der Waals surface area contributed by atoms with Crippen molar-refractivity contribution in [1.29, 1.82) is 0 Å². The van der Waals surface area contributed by atoms with E-state index in [-0.39, 0.29) is 9.76 Å². The maximum absolute atomic E-state index is 5.14. The minimum atomic E-state index is -0.167. The molecule has 1 rings (SSSR count). The SMILES string of the molecule is CO[SiH2]CCCN1CCNCC1. The second-order valence-corrected chi connectivity index (χ2v) is 4.98. The zero-order chi connectivity index (χ0) is 8.65. The Morgan fingerprint density at radius 1 is 1.42 bits per heavy atom. The predicted octanol–water partition coefficient (Wildman–Crippen LogP) is -0.570. The molecule has 4 heteroatoms. The minimum absolute atomic E-state index is 0.167. The van der Waals surface area contributed by atoms with Gasteiger partial charge in [-0.25, -0.2) is 0 Å². The first-order valence-electron chi connectivity index (χ1n) is 4.85. The molecule has 0 bridgehead atoms. The summed E-state index contributed by atoms with van der Waals surface area (Å²) in [6, 6.07) is 1.33. The molecular weight excluding hydrogens is 168 g/mol. The number of hydrogen-bond donors (Lipinski definition) is 1. The average molecular weight is 188 g/mol. The van der Waals surface area contributed by atoms with Gasteiger partial charge in [-0.3, -0.25) is 0 Å². The fourth-order valence-electron chi connectivity index (χ4n) is 1.52. The highest BCUT2D eigenvalue weighted by Crippen LogP contribution is 1.97. The van der Waals surface area contributed by atoms with Crippen LogP contribution in [0.4, 0.5) is 0 Å². The number of hydrogen-bond acceptors (Lipinski definition) is 3. The van der Waals surface area contributed by atoms with Crippen LogP contribution in [0, 0.1) is 0 Å². The maximum Gasteiger partial charge on any atom is 0.161 e. The van der Waals surface area contributed by atoms with Crippen LogP contribution in [0.5, 0.6) is 0 Å². The minimum Gasteiger partial charge on any atom is -0.427 e. The van der Waals surface area contributed by atoms with E-state index in [0.717, 1.165) is 0 Å². The largest absolute Gasteiger partial charge is 0.427 e. The topological polar surface area (TPSA) is 24.5 Å². The highest BCUT2D eigenvalue weighted by molar-refractivity contribution is 6.26. The summed E-state index contributed by atoms with van der Waals surface area (Å²) in [6.45, 7) is 6.07. The van der Waals surface area contributed by atoms with Crippen molar-refractivity contribution in [3.8, 4) is 0 Å². The Labute approximate surface area is 77.4 Å². The van der Waals surface area contributed by atoms with E-state index in [2.05, 4.69) is 10.2 Å². The van der Waals surface area contributed by atoms with E-state index in [1.807, 2.05) is 7.11 Å². The second kappa shape index (κ2) is 6.60. The molecule has 1 aliphatic rings. The van der Waals surface area contributed by atoms with Gasteiger partial charge in [0, 0.05) is 33.3 Å². The van der Waals surface area contributed by atoms with Gasteiger partial charge >= 0.3 is 0 Å². The summed E-state index contributed by atoms with van der Waals surface area (Å²) >= 11 is 0. The number of piperazine rings is 1. The van der Waals surface area contributed by atoms with Gasteiger partial charge in [0.1, 0.15) is 0 Å². The van der Waals surface area contributed by atoms with E-state index in [4.69, 9.17) is 4.43 Å². The van der Waals surface area contributed by atoms with E-state index in [9.17, 15) is 0 Å². The van der Waals surface area contributed by atoms with Crippen LogP contribution in [0.2, 0.25) is 6.04 Å². The smallest absolute Gasteiger partial charge is 0.161 e. The van der Waals surface area contributed by atoms with Gasteiger partial charge in [0.05, 0.1) is 0 Å². The standard InChI is InChI=1S/C8H20N2OSi/c1-11-12-8-2-5-10-6-3-9-4-7-10/h9H,2-8,12H2,1H3. The molecule has 1 fully saturated rings. The zero-order valence-corrected chi connectivity index (χ0v) is 9.43. The lowest BCUT2D eigenvalue weighted by atomic mass is 10.3. The first-order chi connectivity index (χ1) is 5.93. The van der Waals surface area contributed by atoms with Crippen LogP contribution < -0.4 is 5.32 Å².